The molecule has 0 fully saturated rings. The molecule has 0 saturated heterocycles. The second-order valence-electron chi connectivity index (χ2n) is 4.06. The van der Waals surface area contributed by atoms with Crippen LogP contribution >= 0.6 is 23.2 Å². The Kier molecular flexibility index (Phi) is 4.94. The molecule has 0 aliphatic carbocycles. The molecule has 0 unspecified atom stereocenters. The lowest BCUT2D eigenvalue weighted by Gasteiger charge is -2.05. The van der Waals surface area contributed by atoms with Gasteiger partial charge in [0.1, 0.15) is 11.6 Å². The van der Waals surface area contributed by atoms with Crippen molar-refractivity contribution in [1.29, 1.82) is 5.26 Å². The van der Waals surface area contributed by atoms with Crippen LogP contribution in [0.3, 0.4) is 0 Å². The summed E-state index contributed by atoms with van der Waals surface area (Å²) in [6.07, 6.45) is 4.63. The molecule has 104 valence electrons. The fourth-order valence-electron chi connectivity index (χ4n) is 1.60. The molecule has 1 aromatic carbocycles. The summed E-state index contributed by atoms with van der Waals surface area (Å²) in [6, 6.07) is 9.90. The zero-order valence-corrected chi connectivity index (χ0v) is 12.2. The maximum atomic E-state index is 12.1. The van der Waals surface area contributed by atoms with Crippen LogP contribution in [-0.4, -0.2) is 10.9 Å². The van der Waals surface area contributed by atoms with Gasteiger partial charge in [0.2, 0.25) is 0 Å². The van der Waals surface area contributed by atoms with Gasteiger partial charge in [-0.25, -0.2) is 0 Å². The third-order valence-electron chi connectivity index (χ3n) is 2.50. The highest BCUT2D eigenvalue weighted by Gasteiger charge is 2.10. The van der Waals surface area contributed by atoms with Gasteiger partial charge in [0.25, 0.3) is 5.91 Å². The maximum Gasteiger partial charge on any atom is 0.266 e. The second kappa shape index (κ2) is 6.89. The predicted molar refractivity (Wildman–Crippen MR) is 82.9 cm³/mol. The number of pyridine rings is 1. The van der Waals surface area contributed by atoms with Crippen LogP contribution < -0.4 is 5.32 Å². The zero-order chi connectivity index (χ0) is 15.2. The van der Waals surface area contributed by atoms with Crippen molar-refractivity contribution >= 4 is 40.9 Å². The Bertz CT molecular complexity index is 716. The summed E-state index contributed by atoms with van der Waals surface area (Å²) >= 11 is 11.7. The fourth-order valence-corrected chi connectivity index (χ4v) is 2.13. The fraction of sp³-hybridized carbons (Fsp3) is 0. The van der Waals surface area contributed by atoms with Gasteiger partial charge in [-0.05, 0) is 42.0 Å². The van der Waals surface area contributed by atoms with E-state index in [1.54, 1.807) is 42.7 Å². The van der Waals surface area contributed by atoms with Crippen molar-refractivity contribution in [2.45, 2.75) is 0 Å². The highest BCUT2D eigenvalue weighted by molar-refractivity contribution is 6.35. The number of carbonyl (C=O) groups is 1. The number of halogens is 2. The number of amides is 1. The number of nitriles is 1. The van der Waals surface area contributed by atoms with E-state index in [2.05, 4.69) is 10.3 Å². The summed E-state index contributed by atoms with van der Waals surface area (Å²) in [7, 11) is 0. The van der Waals surface area contributed by atoms with Gasteiger partial charge in [-0.2, -0.15) is 5.26 Å². The number of anilines is 1. The Morgan fingerprint density at radius 2 is 1.81 bits per heavy atom. The monoisotopic (exact) mass is 317 g/mol. The summed E-state index contributed by atoms with van der Waals surface area (Å²) < 4.78 is 0. The lowest BCUT2D eigenvalue weighted by Crippen LogP contribution is -2.13. The smallest absolute Gasteiger partial charge is 0.266 e. The average molecular weight is 318 g/mol. The number of nitrogens with zero attached hydrogens (tertiary/aromatic N) is 2. The third kappa shape index (κ3) is 4.32. The van der Waals surface area contributed by atoms with Crippen LogP contribution in [0.5, 0.6) is 0 Å². The van der Waals surface area contributed by atoms with Gasteiger partial charge in [0.05, 0.1) is 0 Å². The number of rotatable bonds is 3. The first-order valence-electron chi connectivity index (χ1n) is 5.88. The number of carbonyl (C=O) groups excluding carboxylic acids is 1. The molecule has 0 radical (unpaired) electrons. The molecule has 0 atom stereocenters. The molecule has 0 aliphatic rings. The molecule has 0 aliphatic heterocycles. The Balaban J connectivity index is 2.22. The first-order valence-corrected chi connectivity index (χ1v) is 6.63. The van der Waals surface area contributed by atoms with E-state index in [1.165, 1.54) is 6.08 Å². The number of nitrogens with one attached hydrogen (secondary N) is 1. The molecule has 1 aromatic heterocycles. The van der Waals surface area contributed by atoms with E-state index in [4.69, 9.17) is 28.5 Å². The zero-order valence-electron chi connectivity index (χ0n) is 10.7. The van der Waals surface area contributed by atoms with E-state index in [9.17, 15) is 4.79 Å². The molecular weight excluding hydrogens is 309 g/mol. The van der Waals surface area contributed by atoms with Crippen LogP contribution in [0, 0.1) is 11.3 Å². The van der Waals surface area contributed by atoms with Crippen LogP contribution in [0.2, 0.25) is 10.0 Å². The minimum Gasteiger partial charge on any atom is -0.321 e. The van der Waals surface area contributed by atoms with Crippen LogP contribution in [0.4, 0.5) is 5.69 Å². The number of hydrogen-bond acceptors (Lipinski definition) is 3. The molecule has 0 spiro atoms. The summed E-state index contributed by atoms with van der Waals surface area (Å²) in [4.78, 5) is 15.9. The molecule has 2 rings (SSSR count). The highest BCUT2D eigenvalue weighted by Crippen LogP contribution is 2.22. The molecule has 0 saturated carbocycles. The first-order chi connectivity index (χ1) is 10.1. The van der Waals surface area contributed by atoms with Gasteiger partial charge in [0.15, 0.2) is 0 Å². The van der Waals surface area contributed by atoms with Crippen molar-refractivity contribution in [1.82, 2.24) is 4.98 Å². The van der Waals surface area contributed by atoms with E-state index in [0.717, 1.165) is 0 Å². The maximum absolute atomic E-state index is 12.1. The van der Waals surface area contributed by atoms with Crippen molar-refractivity contribution in [3.8, 4) is 6.07 Å². The Hall–Kier alpha value is -2.35. The molecule has 1 heterocycles. The quantitative estimate of drug-likeness (QED) is 0.689. The number of benzene rings is 1. The third-order valence-corrected chi connectivity index (χ3v) is 2.94. The van der Waals surface area contributed by atoms with Gasteiger partial charge in [-0.1, -0.05) is 23.2 Å². The van der Waals surface area contributed by atoms with Gasteiger partial charge in [0, 0.05) is 28.1 Å². The van der Waals surface area contributed by atoms with Crippen LogP contribution in [-0.2, 0) is 4.79 Å². The van der Waals surface area contributed by atoms with E-state index >= 15 is 0 Å². The minimum atomic E-state index is -0.535. The standard InChI is InChI=1S/C15H9Cl2N3O/c16-12-6-13(17)8-14(7-12)20-15(21)11(9-18)5-10-1-3-19-4-2-10/h1-8H,(H,20,21)/b11-5+. The van der Waals surface area contributed by atoms with Crippen molar-refractivity contribution < 1.29 is 4.79 Å². The molecule has 2 aromatic rings. The molecule has 1 N–H and O–H groups in total. The molecule has 0 bridgehead atoms. The van der Waals surface area contributed by atoms with Crippen LogP contribution in [0.1, 0.15) is 5.56 Å². The molecule has 6 heteroatoms. The van der Waals surface area contributed by atoms with Gasteiger partial charge in [-0.15, -0.1) is 0 Å². The lowest BCUT2D eigenvalue weighted by molar-refractivity contribution is -0.112. The lowest BCUT2D eigenvalue weighted by atomic mass is 10.1. The molecule has 4 nitrogen and oxygen atoms in total. The van der Waals surface area contributed by atoms with Crippen molar-refractivity contribution in [3.05, 3.63) is 63.9 Å². The van der Waals surface area contributed by atoms with Crippen LogP contribution in [0.15, 0.2) is 48.3 Å². The Morgan fingerprint density at radius 3 is 2.38 bits per heavy atom. The number of hydrogen-bond donors (Lipinski definition) is 1. The molecule has 21 heavy (non-hydrogen) atoms. The molecular formula is C15H9Cl2N3O. The van der Waals surface area contributed by atoms with Crippen molar-refractivity contribution in [2.75, 3.05) is 5.32 Å². The summed E-state index contributed by atoms with van der Waals surface area (Å²) in [5.41, 5.74) is 1.10. The van der Waals surface area contributed by atoms with E-state index in [-0.39, 0.29) is 5.57 Å². The topological polar surface area (TPSA) is 65.8 Å². The average Bonchev–Trinajstić information content (AvgIpc) is 2.44. The van der Waals surface area contributed by atoms with Crippen LogP contribution in [0.25, 0.3) is 6.08 Å². The Morgan fingerprint density at radius 1 is 1.19 bits per heavy atom. The van der Waals surface area contributed by atoms with E-state index < -0.39 is 5.91 Å². The highest BCUT2D eigenvalue weighted by atomic mass is 35.5. The van der Waals surface area contributed by atoms with Gasteiger partial charge in [-0.3, -0.25) is 9.78 Å². The largest absolute Gasteiger partial charge is 0.321 e. The van der Waals surface area contributed by atoms with E-state index in [0.29, 0.717) is 21.3 Å². The number of aromatic nitrogens is 1. The predicted octanol–water partition coefficient (Wildman–Crippen LogP) is 3.93. The molecule has 1 amide bonds. The van der Waals surface area contributed by atoms with Gasteiger partial charge >= 0.3 is 0 Å². The normalized spacial score (nSPS) is 10.8. The summed E-state index contributed by atoms with van der Waals surface area (Å²) in [5.74, 6) is -0.535. The SMILES string of the molecule is N#C/C(=C\c1ccncc1)C(=O)Nc1cc(Cl)cc(Cl)c1. The minimum absolute atomic E-state index is 0.0303. The van der Waals surface area contributed by atoms with Crippen molar-refractivity contribution in [3.63, 3.8) is 0 Å². The Labute approximate surface area is 131 Å². The summed E-state index contributed by atoms with van der Waals surface area (Å²) in [5, 5.41) is 12.5. The first kappa shape index (κ1) is 15.0. The van der Waals surface area contributed by atoms with Crippen molar-refractivity contribution in [2.24, 2.45) is 0 Å². The van der Waals surface area contributed by atoms with E-state index in [1.807, 2.05) is 6.07 Å². The second-order valence-corrected chi connectivity index (χ2v) is 4.94. The van der Waals surface area contributed by atoms with Gasteiger partial charge < -0.3 is 5.32 Å². The summed E-state index contributed by atoms with van der Waals surface area (Å²) in [6.45, 7) is 0.